The van der Waals surface area contributed by atoms with Crippen LogP contribution in [-0.4, -0.2) is 23.7 Å². The zero-order valence-corrected chi connectivity index (χ0v) is 13.3. The Bertz CT molecular complexity index is 752. The monoisotopic (exact) mass is 328 g/mol. The van der Waals surface area contributed by atoms with Gasteiger partial charge in [-0.25, -0.2) is 4.79 Å². The molecule has 0 aliphatic rings. The minimum absolute atomic E-state index is 0.0154. The van der Waals surface area contributed by atoms with Gasteiger partial charge in [-0.2, -0.15) is 0 Å². The highest BCUT2D eigenvalue weighted by Gasteiger charge is 2.10. The van der Waals surface area contributed by atoms with Crippen LogP contribution in [0.5, 0.6) is 5.75 Å². The molecule has 0 radical (unpaired) electrons. The standard InChI is InChI=1S/C17H16N2O5/c1-12(20)24-18-17(14-5-9-16(23-2)10-6-14)11-13-3-7-15(8-4-13)19(21)22/h3-10H,11H2,1-2H3/b18-17+. The van der Waals surface area contributed by atoms with Crippen molar-refractivity contribution in [2.75, 3.05) is 7.11 Å². The SMILES string of the molecule is COc1ccc(/C(Cc2ccc([N+](=O)[O-])cc2)=N/OC(C)=O)cc1. The minimum Gasteiger partial charge on any atom is -0.497 e. The molecule has 0 N–H and O–H groups in total. The van der Waals surface area contributed by atoms with Gasteiger partial charge in [-0.05, 0) is 35.4 Å². The Hall–Kier alpha value is -3.22. The van der Waals surface area contributed by atoms with E-state index in [0.29, 0.717) is 17.9 Å². The predicted molar refractivity (Wildman–Crippen MR) is 88.1 cm³/mol. The molecule has 0 aliphatic carbocycles. The van der Waals surface area contributed by atoms with Crippen molar-refractivity contribution in [3.8, 4) is 5.75 Å². The number of ether oxygens (including phenoxy) is 1. The molecule has 0 heterocycles. The maximum atomic E-state index is 11.0. The van der Waals surface area contributed by atoms with Crippen molar-refractivity contribution < 1.29 is 19.3 Å². The van der Waals surface area contributed by atoms with Gasteiger partial charge in [0.1, 0.15) is 5.75 Å². The Balaban J connectivity index is 2.26. The third-order valence-corrected chi connectivity index (χ3v) is 3.23. The fraction of sp³-hybridized carbons (Fsp3) is 0.176. The number of nitro benzene ring substituents is 1. The number of hydrogen-bond acceptors (Lipinski definition) is 6. The van der Waals surface area contributed by atoms with E-state index >= 15 is 0 Å². The van der Waals surface area contributed by atoms with Gasteiger partial charge in [0.05, 0.1) is 17.7 Å². The van der Waals surface area contributed by atoms with Crippen molar-refractivity contribution in [1.29, 1.82) is 0 Å². The first kappa shape index (κ1) is 17.1. The quantitative estimate of drug-likeness (QED) is 0.352. The van der Waals surface area contributed by atoms with E-state index in [4.69, 9.17) is 9.57 Å². The van der Waals surface area contributed by atoms with Gasteiger partial charge in [0, 0.05) is 25.5 Å². The molecule has 0 unspecified atom stereocenters. The Labute approximate surface area is 138 Å². The van der Waals surface area contributed by atoms with Crippen LogP contribution in [0.4, 0.5) is 5.69 Å². The van der Waals surface area contributed by atoms with Crippen LogP contribution in [0, 0.1) is 10.1 Å². The summed E-state index contributed by atoms with van der Waals surface area (Å²) in [7, 11) is 1.57. The molecule has 124 valence electrons. The fourth-order valence-electron chi connectivity index (χ4n) is 2.02. The van der Waals surface area contributed by atoms with Crippen LogP contribution < -0.4 is 4.74 Å². The lowest BCUT2D eigenvalue weighted by Crippen LogP contribution is -2.08. The summed E-state index contributed by atoms with van der Waals surface area (Å²) in [4.78, 5) is 26.0. The zero-order valence-electron chi connectivity index (χ0n) is 13.3. The Morgan fingerprint density at radius 2 is 1.75 bits per heavy atom. The topological polar surface area (TPSA) is 91.0 Å². The molecular weight excluding hydrogens is 312 g/mol. The summed E-state index contributed by atoms with van der Waals surface area (Å²) in [6.07, 6.45) is 0.359. The molecule has 7 nitrogen and oxygen atoms in total. The van der Waals surface area contributed by atoms with Crippen LogP contribution in [-0.2, 0) is 16.1 Å². The summed E-state index contributed by atoms with van der Waals surface area (Å²) in [6, 6.07) is 13.3. The summed E-state index contributed by atoms with van der Waals surface area (Å²) in [6.45, 7) is 1.26. The first-order chi connectivity index (χ1) is 11.5. The lowest BCUT2D eigenvalue weighted by Gasteiger charge is -2.07. The summed E-state index contributed by atoms with van der Waals surface area (Å²) < 4.78 is 5.11. The first-order valence-electron chi connectivity index (χ1n) is 7.12. The second-order valence-electron chi connectivity index (χ2n) is 4.95. The number of rotatable bonds is 6. The van der Waals surface area contributed by atoms with Crippen molar-refractivity contribution >= 4 is 17.4 Å². The van der Waals surface area contributed by atoms with E-state index in [9.17, 15) is 14.9 Å². The maximum absolute atomic E-state index is 11.0. The Morgan fingerprint density at radius 1 is 1.12 bits per heavy atom. The van der Waals surface area contributed by atoms with E-state index in [1.165, 1.54) is 19.1 Å². The highest BCUT2D eigenvalue weighted by Crippen LogP contribution is 2.17. The lowest BCUT2D eigenvalue weighted by molar-refractivity contribution is -0.384. The van der Waals surface area contributed by atoms with E-state index in [-0.39, 0.29) is 5.69 Å². The molecular formula is C17H16N2O5. The molecule has 0 aromatic heterocycles. The molecule has 0 amide bonds. The molecule has 0 bridgehead atoms. The summed E-state index contributed by atoms with van der Waals surface area (Å²) in [5, 5.41) is 14.6. The highest BCUT2D eigenvalue weighted by molar-refractivity contribution is 6.01. The smallest absolute Gasteiger partial charge is 0.331 e. The van der Waals surface area contributed by atoms with Crippen LogP contribution in [0.25, 0.3) is 0 Å². The van der Waals surface area contributed by atoms with Gasteiger partial charge in [-0.3, -0.25) is 10.1 Å². The van der Waals surface area contributed by atoms with E-state index < -0.39 is 10.9 Å². The molecule has 7 heteroatoms. The van der Waals surface area contributed by atoms with E-state index in [2.05, 4.69) is 5.16 Å². The van der Waals surface area contributed by atoms with Crippen molar-refractivity contribution in [1.82, 2.24) is 0 Å². The van der Waals surface area contributed by atoms with Crippen molar-refractivity contribution in [3.05, 3.63) is 69.8 Å². The second kappa shape index (κ2) is 7.87. The van der Waals surface area contributed by atoms with Crippen molar-refractivity contribution in [3.63, 3.8) is 0 Å². The maximum Gasteiger partial charge on any atom is 0.331 e. The number of hydrogen-bond donors (Lipinski definition) is 0. The van der Waals surface area contributed by atoms with Gasteiger partial charge in [0.2, 0.25) is 0 Å². The van der Waals surface area contributed by atoms with Gasteiger partial charge >= 0.3 is 5.97 Å². The van der Waals surface area contributed by atoms with Crippen LogP contribution in [0.3, 0.4) is 0 Å². The molecule has 24 heavy (non-hydrogen) atoms. The molecule has 0 fully saturated rings. The summed E-state index contributed by atoms with van der Waals surface area (Å²) in [5.41, 5.74) is 2.11. The third-order valence-electron chi connectivity index (χ3n) is 3.23. The highest BCUT2D eigenvalue weighted by atomic mass is 16.7. The molecule has 0 spiro atoms. The summed E-state index contributed by atoms with van der Waals surface area (Å²) in [5.74, 6) is 0.172. The number of carbonyl (C=O) groups excluding carboxylic acids is 1. The molecule has 0 saturated heterocycles. The molecule has 0 saturated carbocycles. The van der Waals surface area contributed by atoms with E-state index in [1.54, 1.807) is 43.5 Å². The first-order valence-corrected chi connectivity index (χ1v) is 7.12. The van der Waals surface area contributed by atoms with Gasteiger partial charge in [0.15, 0.2) is 0 Å². The van der Waals surface area contributed by atoms with Gasteiger partial charge in [0.25, 0.3) is 5.69 Å². The lowest BCUT2D eigenvalue weighted by atomic mass is 10.0. The third kappa shape index (κ3) is 4.64. The normalized spacial score (nSPS) is 11.0. The summed E-state index contributed by atoms with van der Waals surface area (Å²) >= 11 is 0. The largest absolute Gasteiger partial charge is 0.497 e. The predicted octanol–water partition coefficient (Wildman–Crippen LogP) is 3.11. The van der Waals surface area contributed by atoms with Crippen LogP contribution in [0.2, 0.25) is 0 Å². The fourth-order valence-corrected chi connectivity index (χ4v) is 2.02. The number of nitro groups is 1. The van der Waals surface area contributed by atoms with Crippen LogP contribution >= 0.6 is 0 Å². The Kier molecular flexibility index (Phi) is 5.62. The Morgan fingerprint density at radius 3 is 2.25 bits per heavy atom. The number of benzene rings is 2. The number of non-ortho nitro benzene ring substituents is 1. The number of methoxy groups -OCH3 is 1. The van der Waals surface area contributed by atoms with E-state index in [0.717, 1.165) is 11.1 Å². The number of carbonyl (C=O) groups is 1. The van der Waals surface area contributed by atoms with Crippen LogP contribution in [0.15, 0.2) is 53.7 Å². The van der Waals surface area contributed by atoms with Crippen molar-refractivity contribution in [2.45, 2.75) is 13.3 Å². The molecule has 2 aromatic carbocycles. The molecule has 2 aromatic rings. The molecule has 0 aliphatic heterocycles. The average molecular weight is 328 g/mol. The second-order valence-corrected chi connectivity index (χ2v) is 4.95. The minimum atomic E-state index is -0.523. The zero-order chi connectivity index (χ0) is 17.5. The molecule has 2 rings (SSSR count). The van der Waals surface area contributed by atoms with Crippen molar-refractivity contribution in [2.24, 2.45) is 5.16 Å². The average Bonchev–Trinajstić information content (AvgIpc) is 2.59. The molecule has 0 atom stereocenters. The van der Waals surface area contributed by atoms with Crippen LogP contribution in [0.1, 0.15) is 18.1 Å². The van der Waals surface area contributed by atoms with Gasteiger partial charge in [-0.1, -0.05) is 17.3 Å². The van der Waals surface area contributed by atoms with Gasteiger partial charge in [-0.15, -0.1) is 0 Å². The number of oxime groups is 1. The number of nitrogens with zero attached hydrogens (tertiary/aromatic N) is 2. The van der Waals surface area contributed by atoms with E-state index in [1.807, 2.05) is 0 Å². The van der Waals surface area contributed by atoms with Gasteiger partial charge < -0.3 is 9.57 Å².